The van der Waals surface area contributed by atoms with E-state index in [4.69, 9.17) is 4.74 Å². The Morgan fingerprint density at radius 2 is 1.33 bits per heavy atom. The van der Waals surface area contributed by atoms with Crippen LogP contribution in [0.15, 0.2) is 114 Å². The van der Waals surface area contributed by atoms with E-state index in [1.54, 1.807) is 60.7 Å². The van der Waals surface area contributed by atoms with E-state index in [0.29, 0.717) is 16.7 Å². The largest absolute Gasteiger partial charge is 0.452 e. The number of ketones is 1. The Morgan fingerprint density at radius 1 is 0.744 bits per heavy atom. The minimum Gasteiger partial charge on any atom is -0.452 e. The third-order valence-electron chi connectivity index (χ3n) is 5.52. The van der Waals surface area contributed by atoms with E-state index in [1.165, 1.54) is 36.5 Å². The number of esters is 1. The molecule has 0 aliphatic carbocycles. The molecule has 0 N–H and O–H groups in total. The van der Waals surface area contributed by atoms with Crippen LogP contribution in [0, 0.1) is 0 Å². The van der Waals surface area contributed by atoms with Crippen molar-refractivity contribution in [2.75, 3.05) is 11.6 Å². The quantitative estimate of drug-likeness (QED) is 0.118. The van der Waals surface area contributed by atoms with Crippen LogP contribution in [0.4, 0.5) is 18.9 Å². The van der Waals surface area contributed by atoms with Gasteiger partial charge in [-0.1, -0.05) is 78.9 Å². The highest BCUT2D eigenvalue weighted by atomic mass is 19.4. The van der Waals surface area contributed by atoms with E-state index < -0.39 is 30.2 Å². The Morgan fingerprint density at radius 3 is 1.97 bits per heavy atom. The number of carbonyl (C=O) groups excluding carboxylic acids is 3. The molecule has 0 heterocycles. The number of rotatable bonds is 8. The summed E-state index contributed by atoms with van der Waals surface area (Å²) in [5.41, 5.74) is 0.427. The van der Waals surface area contributed by atoms with Crippen LogP contribution in [0.25, 0.3) is 0 Å². The van der Waals surface area contributed by atoms with E-state index in [2.05, 4.69) is 5.10 Å². The maximum absolute atomic E-state index is 13.3. The number of hydrogen-bond acceptors (Lipinski definition) is 5. The van der Waals surface area contributed by atoms with Crippen LogP contribution in [0.5, 0.6) is 0 Å². The van der Waals surface area contributed by atoms with E-state index >= 15 is 0 Å². The number of hydrazone groups is 1. The van der Waals surface area contributed by atoms with Gasteiger partial charge in [-0.2, -0.15) is 23.3 Å². The van der Waals surface area contributed by atoms with Gasteiger partial charge in [-0.05, 0) is 35.9 Å². The molecular weight excluding hydrogens is 509 g/mol. The van der Waals surface area contributed by atoms with Gasteiger partial charge < -0.3 is 4.74 Å². The van der Waals surface area contributed by atoms with Crippen molar-refractivity contribution in [2.45, 2.75) is 6.18 Å². The number of alkyl halides is 3. The van der Waals surface area contributed by atoms with Crippen molar-refractivity contribution in [1.82, 2.24) is 0 Å². The summed E-state index contributed by atoms with van der Waals surface area (Å²) in [6, 6.07) is 27.1. The fourth-order valence-corrected chi connectivity index (χ4v) is 3.54. The van der Waals surface area contributed by atoms with Crippen LogP contribution < -0.4 is 5.01 Å². The fourth-order valence-electron chi connectivity index (χ4n) is 3.54. The smallest absolute Gasteiger partial charge is 0.416 e. The zero-order valence-electron chi connectivity index (χ0n) is 20.3. The molecule has 0 unspecified atom stereocenters. The monoisotopic (exact) mass is 530 g/mol. The Balaban J connectivity index is 1.48. The van der Waals surface area contributed by atoms with Crippen molar-refractivity contribution in [3.05, 3.63) is 137 Å². The summed E-state index contributed by atoms with van der Waals surface area (Å²) >= 11 is 0. The van der Waals surface area contributed by atoms with Crippen LogP contribution in [0.3, 0.4) is 0 Å². The lowest BCUT2D eigenvalue weighted by Gasteiger charge is -2.18. The van der Waals surface area contributed by atoms with E-state index in [9.17, 15) is 27.6 Å². The van der Waals surface area contributed by atoms with Crippen LogP contribution in [-0.2, 0) is 15.7 Å². The predicted octanol–water partition coefficient (Wildman–Crippen LogP) is 6.16. The van der Waals surface area contributed by atoms with Crippen molar-refractivity contribution in [1.29, 1.82) is 0 Å². The van der Waals surface area contributed by atoms with Gasteiger partial charge in [-0.15, -0.1) is 0 Å². The number of halogens is 3. The van der Waals surface area contributed by atoms with Crippen LogP contribution in [-0.4, -0.2) is 30.5 Å². The van der Waals surface area contributed by atoms with Gasteiger partial charge in [-0.25, -0.2) is 4.79 Å². The zero-order valence-corrected chi connectivity index (χ0v) is 20.3. The lowest BCUT2D eigenvalue weighted by atomic mass is 10.0. The van der Waals surface area contributed by atoms with Crippen LogP contribution in [0.1, 0.15) is 37.4 Å². The van der Waals surface area contributed by atoms with Gasteiger partial charge >= 0.3 is 12.1 Å². The molecule has 6 nitrogen and oxygen atoms in total. The SMILES string of the molecule is O=C(OCC(=O)N(/N=C\c1ccccc1)c1cccc(C(F)(F)F)c1)c1ccc(C(=O)c2ccccc2)cc1. The second-order valence-electron chi connectivity index (χ2n) is 8.26. The molecule has 4 aromatic carbocycles. The molecule has 0 aliphatic rings. The molecule has 0 radical (unpaired) electrons. The highest BCUT2D eigenvalue weighted by molar-refractivity contribution is 6.09. The molecule has 0 bridgehead atoms. The van der Waals surface area contributed by atoms with Crippen molar-refractivity contribution in [3.63, 3.8) is 0 Å². The Labute approximate surface area is 222 Å². The van der Waals surface area contributed by atoms with Gasteiger partial charge in [0.1, 0.15) is 0 Å². The molecule has 0 atom stereocenters. The van der Waals surface area contributed by atoms with Gasteiger partial charge in [0.05, 0.1) is 23.0 Å². The first-order valence-corrected chi connectivity index (χ1v) is 11.7. The first-order valence-electron chi connectivity index (χ1n) is 11.7. The zero-order chi connectivity index (χ0) is 27.8. The molecule has 0 fully saturated rings. The summed E-state index contributed by atoms with van der Waals surface area (Å²) in [6.07, 6.45) is -3.32. The Bertz CT molecular complexity index is 1490. The van der Waals surface area contributed by atoms with Gasteiger partial charge in [0.25, 0.3) is 5.91 Å². The van der Waals surface area contributed by atoms with Crippen molar-refractivity contribution >= 4 is 29.6 Å². The lowest BCUT2D eigenvalue weighted by molar-refractivity contribution is -0.137. The average Bonchev–Trinajstić information content (AvgIpc) is 2.96. The summed E-state index contributed by atoms with van der Waals surface area (Å²) in [5.74, 6) is -1.94. The molecule has 0 aromatic heterocycles. The van der Waals surface area contributed by atoms with Gasteiger partial charge in [0.15, 0.2) is 12.4 Å². The maximum atomic E-state index is 13.3. The van der Waals surface area contributed by atoms with E-state index in [1.807, 2.05) is 0 Å². The van der Waals surface area contributed by atoms with E-state index in [-0.39, 0.29) is 17.0 Å². The number of amides is 1. The molecule has 4 rings (SSSR count). The summed E-state index contributed by atoms with van der Waals surface area (Å²) in [4.78, 5) is 38.1. The first-order chi connectivity index (χ1) is 18.7. The third-order valence-corrected chi connectivity index (χ3v) is 5.52. The minimum atomic E-state index is -4.63. The Kier molecular flexibility index (Phi) is 8.30. The molecule has 0 saturated heterocycles. The second-order valence-corrected chi connectivity index (χ2v) is 8.26. The maximum Gasteiger partial charge on any atom is 0.416 e. The predicted molar refractivity (Wildman–Crippen MR) is 140 cm³/mol. The lowest BCUT2D eigenvalue weighted by Crippen LogP contribution is -2.31. The van der Waals surface area contributed by atoms with Crippen LogP contribution >= 0.6 is 0 Å². The Hall–Kier alpha value is -5.05. The van der Waals surface area contributed by atoms with Gasteiger partial charge in [-0.3, -0.25) is 9.59 Å². The number of carbonyl (C=O) groups is 3. The van der Waals surface area contributed by atoms with Crippen LogP contribution in [0.2, 0.25) is 0 Å². The molecule has 196 valence electrons. The second kappa shape index (κ2) is 12.0. The number of benzene rings is 4. The standard InChI is InChI=1S/C30H21F3N2O4/c31-30(32,33)25-12-7-13-26(18-25)35(34-19-21-8-3-1-4-9-21)27(36)20-39-29(38)24-16-14-23(15-17-24)28(37)22-10-5-2-6-11-22/h1-19H,20H2/b34-19-. The normalized spacial score (nSPS) is 11.3. The number of hydrogen-bond donors (Lipinski definition) is 0. The molecule has 9 heteroatoms. The van der Waals surface area contributed by atoms with E-state index in [0.717, 1.165) is 23.2 Å². The molecule has 0 saturated carbocycles. The summed E-state index contributed by atoms with van der Waals surface area (Å²) in [6.45, 7) is -0.786. The number of ether oxygens (including phenoxy) is 1. The molecule has 0 spiro atoms. The molecule has 0 aliphatic heterocycles. The van der Waals surface area contributed by atoms with Crippen molar-refractivity contribution in [2.24, 2.45) is 5.10 Å². The third kappa shape index (κ3) is 7.04. The van der Waals surface area contributed by atoms with Gasteiger partial charge in [0, 0.05) is 11.1 Å². The van der Waals surface area contributed by atoms with Gasteiger partial charge in [0.2, 0.25) is 0 Å². The topological polar surface area (TPSA) is 76.0 Å². The highest BCUT2D eigenvalue weighted by Gasteiger charge is 2.31. The van der Waals surface area contributed by atoms with Crippen molar-refractivity contribution < 1.29 is 32.3 Å². The molecular formula is C30H21F3N2O4. The first kappa shape index (κ1) is 27.0. The molecule has 1 amide bonds. The average molecular weight is 531 g/mol. The summed E-state index contributed by atoms with van der Waals surface area (Å²) in [7, 11) is 0. The summed E-state index contributed by atoms with van der Waals surface area (Å²) < 4.78 is 44.9. The highest BCUT2D eigenvalue weighted by Crippen LogP contribution is 2.31. The summed E-state index contributed by atoms with van der Waals surface area (Å²) in [5, 5.41) is 4.81. The molecule has 4 aromatic rings. The number of anilines is 1. The molecule has 39 heavy (non-hydrogen) atoms. The van der Waals surface area contributed by atoms with Crippen molar-refractivity contribution in [3.8, 4) is 0 Å². The minimum absolute atomic E-state index is 0.0887. The number of nitrogens with zero attached hydrogens (tertiary/aromatic N) is 2. The fraction of sp³-hybridized carbons (Fsp3) is 0.0667.